The summed E-state index contributed by atoms with van der Waals surface area (Å²) in [7, 11) is 0. The Morgan fingerprint density at radius 3 is 2.78 bits per heavy atom. The van der Waals surface area contributed by atoms with Crippen molar-refractivity contribution in [3.8, 4) is 11.1 Å². The second-order valence-electron chi connectivity index (χ2n) is 3.86. The molecule has 0 aliphatic heterocycles. The van der Waals surface area contributed by atoms with Crippen molar-refractivity contribution in [3.05, 3.63) is 47.7 Å². The van der Waals surface area contributed by atoms with Gasteiger partial charge in [0.25, 0.3) is 0 Å². The van der Waals surface area contributed by atoms with Crippen LogP contribution in [0.4, 0.5) is 5.82 Å². The summed E-state index contributed by atoms with van der Waals surface area (Å²) < 4.78 is 0. The van der Waals surface area contributed by atoms with E-state index in [4.69, 9.17) is 16.6 Å². The van der Waals surface area contributed by atoms with Gasteiger partial charge in [0.2, 0.25) is 0 Å². The molecule has 0 aliphatic carbocycles. The molecule has 5 nitrogen and oxygen atoms in total. The van der Waals surface area contributed by atoms with Crippen molar-refractivity contribution >= 4 is 11.8 Å². The predicted octanol–water partition coefficient (Wildman–Crippen LogP) is 1.49. The number of rotatable bonds is 3. The molecule has 1 aromatic carbocycles. The van der Waals surface area contributed by atoms with E-state index in [0.29, 0.717) is 12.1 Å². The van der Waals surface area contributed by atoms with Gasteiger partial charge in [-0.1, -0.05) is 18.2 Å². The Labute approximate surface area is 104 Å². The van der Waals surface area contributed by atoms with Crippen LogP contribution in [0.2, 0.25) is 0 Å². The van der Waals surface area contributed by atoms with Crippen LogP contribution in [-0.2, 0) is 6.54 Å². The average Bonchev–Trinajstić information content (AvgIpc) is 2.38. The Hall–Kier alpha value is -2.40. The Morgan fingerprint density at radius 1 is 1.33 bits per heavy atom. The third kappa shape index (κ3) is 2.31. The minimum absolute atomic E-state index is 0.136. The molecule has 1 aromatic heterocycles. The van der Waals surface area contributed by atoms with E-state index in [1.165, 1.54) is 12.3 Å². The van der Waals surface area contributed by atoms with Gasteiger partial charge in [0.15, 0.2) is 0 Å². The van der Waals surface area contributed by atoms with E-state index < -0.39 is 5.97 Å². The van der Waals surface area contributed by atoms with Crippen LogP contribution in [-0.4, -0.2) is 16.1 Å². The third-order valence-corrected chi connectivity index (χ3v) is 2.63. The van der Waals surface area contributed by atoms with Gasteiger partial charge < -0.3 is 16.6 Å². The number of hydrogen-bond acceptors (Lipinski definition) is 4. The third-order valence-electron chi connectivity index (χ3n) is 2.63. The van der Waals surface area contributed by atoms with Crippen LogP contribution in [0.25, 0.3) is 11.1 Å². The predicted molar refractivity (Wildman–Crippen MR) is 68.9 cm³/mol. The first kappa shape index (κ1) is 12.1. The molecular formula is C13H13N3O2. The second kappa shape index (κ2) is 4.85. The minimum atomic E-state index is -1.03. The Bertz CT molecular complexity index is 597. The summed E-state index contributed by atoms with van der Waals surface area (Å²) in [5.41, 5.74) is 13.4. The summed E-state index contributed by atoms with van der Waals surface area (Å²) in [6, 6.07) is 8.74. The van der Waals surface area contributed by atoms with Crippen LogP contribution >= 0.6 is 0 Å². The lowest BCUT2D eigenvalue weighted by Crippen LogP contribution is -2.03. The lowest BCUT2D eigenvalue weighted by atomic mass is 10.00. The first-order chi connectivity index (χ1) is 8.61. The molecule has 0 amide bonds. The van der Waals surface area contributed by atoms with Gasteiger partial charge in [0, 0.05) is 18.3 Å². The van der Waals surface area contributed by atoms with E-state index in [9.17, 15) is 4.79 Å². The van der Waals surface area contributed by atoms with Gasteiger partial charge in [-0.2, -0.15) is 0 Å². The summed E-state index contributed by atoms with van der Waals surface area (Å²) >= 11 is 0. The van der Waals surface area contributed by atoms with Crippen molar-refractivity contribution in [2.45, 2.75) is 6.54 Å². The highest BCUT2D eigenvalue weighted by atomic mass is 16.4. The van der Waals surface area contributed by atoms with Crippen LogP contribution in [0.1, 0.15) is 15.9 Å². The molecule has 0 fully saturated rings. The number of benzene rings is 1. The number of aromatic carboxylic acids is 1. The van der Waals surface area contributed by atoms with Gasteiger partial charge >= 0.3 is 5.97 Å². The van der Waals surface area contributed by atoms with Crippen molar-refractivity contribution in [3.63, 3.8) is 0 Å². The molecule has 0 saturated heterocycles. The average molecular weight is 243 g/mol. The minimum Gasteiger partial charge on any atom is -0.478 e. The number of aromatic nitrogens is 1. The van der Waals surface area contributed by atoms with Gasteiger partial charge in [0.05, 0.1) is 5.56 Å². The number of nitrogen functional groups attached to an aromatic ring is 1. The quantitative estimate of drug-likeness (QED) is 0.757. The Balaban J connectivity index is 2.59. The molecule has 5 N–H and O–H groups in total. The second-order valence-corrected chi connectivity index (χ2v) is 3.86. The molecule has 0 atom stereocenters. The van der Waals surface area contributed by atoms with Crippen LogP contribution in [0, 0.1) is 0 Å². The highest BCUT2D eigenvalue weighted by molar-refractivity contribution is 5.96. The number of nitrogens with two attached hydrogens (primary N) is 2. The summed E-state index contributed by atoms with van der Waals surface area (Å²) in [6.07, 6.45) is 1.47. The zero-order chi connectivity index (χ0) is 13.1. The zero-order valence-corrected chi connectivity index (χ0v) is 9.63. The van der Waals surface area contributed by atoms with Crippen molar-refractivity contribution in [2.24, 2.45) is 5.73 Å². The molecule has 2 aromatic rings. The molecule has 0 radical (unpaired) electrons. The molecule has 2 rings (SSSR count). The smallest absolute Gasteiger partial charge is 0.336 e. The lowest BCUT2D eigenvalue weighted by molar-refractivity contribution is 0.0697. The van der Waals surface area contributed by atoms with E-state index >= 15 is 0 Å². The van der Waals surface area contributed by atoms with Gasteiger partial charge in [0.1, 0.15) is 5.82 Å². The van der Waals surface area contributed by atoms with Gasteiger partial charge in [-0.05, 0) is 23.3 Å². The molecule has 5 heteroatoms. The topological polar surface area (TPSA) is 102 Å². The first-order valence-corrected chi connectivity index (χ1v) is 5.40. The molecule has 0 aliphatic rings. The first-order valence-electron chi connectivity index (χ1n) is 5.40. The van der Waals surface area contributed by atoms with Crippen LogP contribution in [0.15, 0.2) is 36.5 Å². The van der Waals surface area contributed by atoms with Crippen molar-refractivity contribution < 1.29 is 9.90 Å². The molecule has 0 spiro atoms. The van der Waals surface area contributed by atoms with Crippen molar-refractivity contribution in [1.29, 1.82) is 0 Å². The van der Waals surface area contributed by atoms with Gasteiger partial charge in [-0.25, -0.2) is 9.78 Å². The van der Waals surface area contributed by atoms with E-state index in [-0.39, 0.29) is 11.4 Å². The number of pyridine rings is 1. The molecule has 1 heterocycles. The molecule has 18 heavy (non-hydrogen) atoms. The maximum Gasteiger partial charge on any atom is 0.336 e. The summed E-state index contributed by atoms with van der Waals surface area (Å²) in [4.78, 5) is 15.1. The standard InChI is InChI=1S/C13H13N3O2/c14-6-8-2-1-3-9(4-8)11-7-16-12(15)5-10(11)13(17)18/h1-5,7H,6,14H2,(H2,15,16)(H,17,18). The van der Waals surface area contributed by atoms with Crippen LogP contribution < -0.4 is 11.5 Å². The lowest BCUT2D eigenvalue weighted by Gasteiger charge is -2.08. The zero-order valence-electron chi connectivity index (χ0n) is 9.63. The molecule has 0 bridgehead atoms. The highest BCUT2D eigenvalue weighted by Crippen LogP contribution is 2.25. The molecule has 0 saturated carbocycles. The van der Waals surface area contributed by atoms with E-state index in [0.717, 1.165) is 11.1 Å². The molecule has 0 unspecified atom stereocenters. The maximum absolute atomic E-state index is 11.2. The van der Waals surface area contributed by atoms with Gasteiger partial charge in [-0.3, -0.25) is 0 Å². The van der Waals surface area contributed by atoms with Crippen LogP contribution in [0.5, 0.6) is 0 Å². The monoisotopic (exact) mass is 243 g/mol. The number of carboxylic acid groups (broad SMARTS) is 1. The number of nitrogens with zero attached hydrogens (tertiary/aromatic N) is 1. The summed E-state index contributed by atoms with van der Waals surface area (Å²) in [5.74, 6) is -0.844. The van der Waals surface area contributed by atoms with Crippen LogP contribution in [0.3, 0.4) is 0 Å². The SMILES string of the molecule is NCc1cccc(-c2cnc(N)cc2C(=O)O)c1. The maximum atomic E-state index is 11.2. The number of carbonyl (C=O) groups is 1. The summed E-state index contributed by atoms with van der Waals surface area (Å²) in [5, 5.41) is 9.17. The van der Waals surface area contributed by atoms with E-state index in [2.05, 4.69) is 4.98 Å². The summed E-state index contributed by atoms with van der Waals surface area (Å²) in [6.45, 7) is 0.401. The van der Waals surface area contributed by atoms with Crippen molar-refractivity contribution in [2.75, 3.05) is 5.73 Å². The number of anilines is 1. The Kier molecular flexibility index (Phi) is 3.25. The number of carboxylic acids is 1. The Morgan fingerprint density at radius 2 is 2.11 bits per heavy atom. The highest BCUT2D eigenvalue weighted by Gasteiger charge is 2.13. The molecule has 92 valence electrons. The fourth-order valence-electron chi connectivity index (χ4n) is 1.74. The van der Waals surface area contributed by atoms with E-state index in [1.807, 2.05) is 24.3 Å². The van der Waals surface area contributed by atoms with E-state index in [1.54, 1.807) is 0 Å². The molecular weight excluding hydrogens is 230 g/mol. The fourth-order valence-corrected chi connectivity index (χ4v) is 1.74. The van der Waals surface area contributed by atoms with Crippen molar-refractivity contribution in [1.82, 2.24) is 4.98 Å². The number of hydrogen-bond donors (Lipinski definition) is 3. The van der Waals surface area contributed by atoms with Gasteiger partial charge in [-0.15, -0.1) is 0 Å². The largest absolute Gasteiger partial charge is 0.478 e. The normalized spacial score (nSPS) is 10.3. The fraction of sp³-hybridized carbons (Fsp3) is 0.0769.